The van der Waals surface area contributed by atoms with Gasteiger partial charge in [0.25, 0.3) is 0 Å². The zero-order valence-corrected chi connectivity index (χ0v) is 10.5. The minimum Gasteiger partial charge on any atom is -0.355 e. The third kappa shape index (κ3) is 3.59. The highest BCUT2D eigenvalue weighted by Crippen LogP contribution is 2.12. The largest absolute Gasteiger partial charge is 0.355 e. The molecule has 0 bridgehead atoms. The van der Waals surface area contributed by atoms with Crippen molar-refractivity contribution < 1.29 is 9.47 Å². The molecule has 1 aromatic carbocycles. The highest BCUT2D eigenvalue weighted by molar-refractivity contribution is 5.32. The molecule has 0 amide bonds. The van der Waals surface area contributed by atoms with Gasteiger partial charge in [-0.1, -0.05) is 18.2 Å². The lowest BCUT2D eigenvalue weighted by atomic mass is 10.0. The van der Waals surface area contributed by atoms with Crippen LogP contribution in [0.2, 0.25) is 0 Å². The van der Waals surface area contributed by atoms with Crippen LogP contribution in [0.3, 0.4) is 0 Å². The van der Waals surface area contributed by atoms with E-state index in [0.717, 1.165) is 6.54 Å². The Kier molecular flexibility index (Phi) is 5.46. The molecule has 3 nitrogen and oxygen atoms in total. The minimum atomic E-state index is -0.176. The fraction of sp³-hybridized carbons (Fsp3) is 0.538. The molecule has 0 atom stereocenters. The van der Waals surface area contributed by atoms with Crippen molar-refractivity contribution in [1.29, 1.82) is 0 Å². The number of aryl methyl sites for hydroxylation is 1. The molecule has 1 aromatic rings. The molecule has 0 spiro atoms. The van der Waals surface area contributed by atoms with E-state index in [1.807, 2.05) is 0 Å². The van der Waals surface area contributed by atoms with Gasteiger partial charge in [-0.15, -0.1) is 0 Å². The third-order valence-electron chi connectivity index (χ3n) is 2.87. The molecule has 0 radical (unpaired) electrons. The van der Waals surface area contributed by atoms with E-state index in [1.54, 1.807) is 14.2 Å². The van der Waals surface area contributed by atoms with Gasteiger partial charge in [-0.3, -0.25) is 0 Å². The molecule has 0 fully saturated rings. The van der Waals surface area contributed by atoms with Crippen LogP contribution in [-0.4, -0.2) is 27.1 Å². The minimum absolute atomic E-state index is 0.176. The summed E-state index contributed by atoms with van der Waals surface area (Å²) in [6.07, 6.45) is -0.176. The number of rotatable bonds is 6. The average molecular weight is 223 g/mol. The molecule has 1 N–H and O–H groups in total. The second-order valence-electron chi connectivity index (χ2n) is 3.89. The Bertz CT molecular complexity index is 322. The lowest BCUT2D eigenvalue weighted by molar-refractivity contribution is -0.0989. The SMILES string of the molecule is COC(CNCc1cccc(C)c1C)OC. The summed E-state index contributed by atoms with van der Waals surface area (Å²) in [5.74, 6) is 0. The van der Waals surface area contributed by atoms with Crippen molar-refractivity contribution in [2.75, 3.05) is 20.8 Å². The first-order valence-electron chi connectivity index (χ1n) is 5.50. The van der Waals surface area contributed by atoms with Crippen molar-refractivity contribution in [2.24, 2.45) is 0 Å². The zero-order chi connectivity index (χ0) is 12.0. The fourth-order valence-corrected chi connectivity index (χ4v) is 1.59. The summed E-state index contributed by atoms with van der Waals surface area (Å²) in [5, 5.41) is 3.32. The molecule has 0 aromatic heterocycles. The van der Waals surface area contributed by atoms with Gasteiger partial charge in [0, 0.05) is 27.3 Å². The Labute approximate surface area is 97.8 Å². The highest BCUT2D eigenvalue weighted by Gasteiger charge is 2.05. The molecule has 3 heteroatoms. The van der Waals surface area contributed by atoms with Crippen LogP contribution in [0.15, 0.2) is 18.2 Å². The van der Waals surface area contributed by atoms with Gasteiger partial charge in [-0.25, -0.2) is 0 Å². The lowest BCUT2D eigenvalue weighted by Gasteiger charge is -2.15. The van der Waals surface area contributed by atoms with E-state index in [1.165, 1.54) is 16.7 Å². The highest BCUT2D eigenvalue weighted by atomic mass is 16.7. The molecule has 90 valence electrons. The maximum atomic E-state index is 5.11. The van der Waals surface area contributed by atoms with Gasteiger partial charge < -0.3 is 14.8 Å². The Morgan fingerprint density at radius 3 is 2.50 bits per heavy atom. The summed E-state index contributed by atoms with van der Waals surface area (Å²) in [4.78, 5) is 0. The Morgan fingerprint density at radius 2 is 1.88 bits per heavy atom. The second-order valence-corrected chi connectivity index (χ2v) is 3.89. The smallest absolute Gasteiger partial charge is 0.169 e. The Morgan fingerprint density at radius 1 is 1.19 bits per heavy atom. The molecule has 0 saturated carbocycles. The van der Waals surface area contributed by atoms with Crippen LogP contribution in [0.1, 0.15) is 16.7 Å². The van der Waals surface area contributed by atoms with Crippen LogP contribution in [-0.2, 0) is 16.0 Å². The van der Waals surface area contributed by atoms with Crippen molar-refractivity contribution >= 4 is 0 Å². The maximum absolute atomic E-state index is 5.11. The maximum Gasteiger partial charge on any atom is 0.169 e. The van der Waals surface area contributed by atoms with E-state index in [-0.39, 0.29) is 6.29 Å². The first-order valence-corrected chi connectivity index (χ1v) is 5.50. The van der Waals surface area contributed by atoms with Gasteiger partial charge >= 0.3 is 0 Å². The summed E-state index contributed by atoms with van der Waals surface area (Å²) >= 11 is 0. The van der Waals surface area contributed by atoms with Crippen molar-refractivity contribution in [3.05, 3.63) is 34.9 Å². The van der Waals surface area contributed by atoms with Gasteiger partial charge in [0.15, 0.2) is 6.29 Å². The van der Waals surface area contributed by atoms with Crippen molar-refractivity contribution in [1.82, 2.24) is 5.32 Å². The Hall–Kier alpha value is -0.900. The Balaban J connectivity index is 2.46. The molecule has 0 aliphatic carbocycles. The second kappa shape index (κ2) is 6.63. The molecular weight excluding hydrogens is 202 g/mol. The van der Waals surface area contributed by atoms with Crippen LogP contribution in [0, 0.1) is 13.8 Å². The summed E-state index contributed by atoms with van der Waals surface area (Å²) in [6, 6.07) is 6.36. The molecule has 0 saturated heterocycles. The average Bonchev–Trinajstić information content (AvgIpc) is 2.30. The van der Waals surface area contributed by atoms with Gasteiger partial charge in [-0.2, -0.15) is 0 Å². The number of ether oxygens (including phenoxy) is 2. The zero-order valence-electron chi connectivity index (χ0n) is 10.5. The molecule has 0 aliphatic heterocycles. The van der Waals surface area contributed by atoms with E-state index >= 15 is 0 Å². The van der Waals surface area contributed by atoms with Crippen molar-refractivity contribution in [2.45, 2.75) is 26.7 Å². The van der Waals surface area contributed by atoms with Crippen molar-refractivity contribution in [3.8, 4) is 0 Å². The van der Waals surface area contributed by atoms with Crippen LogP contribution in [0.5, 0.6) is 0 Å². The van der Waals surface area contributed by atoms with E-state index in [2.05, 4.69) is 37.4 Å². The van der Waals surface area contributed by atoms with Gasteiger partial charge in [0.2, 0.25) is 0 Å². The van der Waals surface area contributed by atoms with Gasteiger partial charge in [0.1, 0.15) is 0 Å². The summed E-state index contributed by atoms with van der Waals surface area (Å²) in [5.41, 5.74) is 4.00. The lowest BCUT2D eigenvalue weighted by Crippen LogP contribution is -2.29. The van der Waals surface area contributed by atoms with Crippen LogP contribution >= 0.6 is 0 Å². The van der Waals surface area contributed by atoms with Gasteiger partial charge in [0.05, 0.1) is 0 Å². The normalized spacial score (nSPS) is 11.1. The van der Waals surface area contributed by atoms with E-state index in [9.17, 15) is 0 Å². The standard InChI is InChI=1S/C13H21NO2/c1-10-6-5-7-12(11(10)2)8-14-9-13(15-3)16-4/h5-7,13-14H,8-9H2,1-4H3. The van der Waals surface area contributed by atoms with E-state index in [0.29, 0.717) is 6.54 Å². The fourth-order valence-electron chi connectivity index (χ4n) is 1.59. The first-order chi connectivity index (χ1) is 7.69. The summed E-state index contributed by atoms with van der Waals surface area (Å²) in [6.45, 7) is 5.82. The molecular formula is C13H21NO2. The van der Waals surface area contributed by atoms with E-state index in [4.69, 9.17) is 9.47 Å². The quantitative estimate of drug-likeness (QED) is 0.748. The van der Waals surface area contributed by atoms with Gasteiger partial charge in [-0.05, 0) is 30.5 Å². The molecule has 0 heterocycles. The van der Waals surface area contributed by atoms with Crippen LogP contribution < -0.4 is 5.32 Å². The number of nitrogens with one attached hydrogen (secondary N) is 1. The number of methoxy groups -OCH3 is 2. The summed E-state index contributed by atoms with van der Waals surface area (Å²) < 4.78 is 10.2. The number of hydrogen-bond donors (Lipinski definition) is 1. The van der Waals surface area contributed by atoms with E-state index < -0.39 is 0 Å². The predicted octanol–water partition coefficient (Wildman–Crippen LogP) is 2.01. The molecule has 1 rings (SSSR count). The predicted molar refractivity (Wildman–Crippen MR) is 65.4 cm³/mol. The first kappa shape index (κ1) is 13.2. The van der Waals surface area contributed by atoms with Crippen molar-refractivity contribution in [3.63, 3.8) is 0 Å². The monoisotopic (exact) mass is 223 g/mol. The number of hydrogen-bond acceptors (Lipinski definition) is 3. The molecule has 0 unspecified atom stereocenters. The third-order valence-corrected chi connectivity index (χ3v) is 2.87. The summed E-state index contributed by atoms with van der Waals surface area (Å²) in [7, 11) is 3.29. The molecule has 0 aliphatic rings. The van der Waals surface area contributed by atoms with Crippen LogP contribution in [0.4, 0.5) is 0 Å². The molecule has 16 heavy (non-hydrogen) atoms. The van der Waals surface area contributed by atoms with Crippen LogP contribution in [0.25, 0.3) is 0 Å². The number of benzene rings is 1. The topological polar surface area (TPSA) is 30.5 Å².